The van der Waals surface area contributed by atoms with E-state index in [1.54, 1.807) is 43.3 Å². The lowest BCUT2D eigenvalue weighted by Crippen LogP contribution is -2.13. The van der Waals surface area contributed by atoms with Gasteiger partial charge in [0.25, 0.3) is 5.91 Å². The molecule has 0 saturated carbocycles. The minimum atomic E-state index is -0.642. The highest BCUT2D eigenvalue weighted by Crippen LogP contribution is 2.27. The molecule has 0 unspecified atom stereocenters. The van der Waals surface area contributed by atoms with E-state index in [-0.39, 0.29) is 11.7 Å². The summed E-state index contributed by atoms with van der Waals surface area (Å²) in [5.41, 5.74) is 1.70. The summed E-state index contributed by atoms with van der Waals surface area (Å²) >= 11 is 1.44. The molecule has 0 bridgehead atoms. The van der Waals surface area contributed by atoms with Crippen molar-refractivity contribution in [3.63, 3.8) is 0 Å². The number of benzene rings is 2. The molecule has 0 aliphatic heterocycles. The van der Waals surface area contributed by atoms with Crippen LogP contribution in [0.4, 0.5) is 5.69 Å². The van der Waals surface area contributed by atoms with Crippen molar-refractivity contribution in [1.82, 2.24) is 20.3 Å². The zero-order valence-electron chi connectivity index (χ0n) is 15.2. The second-order valence-electron chi connectivity index (χ2n) is 6.00. The Morgan fingerprint density at radius 1 is 1.14 bits per heavy atom. The predicted molar refractivity (Wildman–Crippen MR) is 106 cm³/mol. The molecule has 4 aromatic rings. The molecule has 29 heavy (non-hydrogen) atoms. The SMILES string of the molecule is Cc1noc(CSc2ccccc2C(=O)Nc2cccc(-c3noc(=O)[nH]3)c2)n1. The molecule has 146 valence electrons. The van der Waals surface area contributed by atoms with Gasteiger partial charge in [0.2, 0.25) is 5.89 Å². The minimum absolute atomic E-state index is 0.263. The number of hydrogen-bond acceptors (Lipinski definition) is 8. The monoisotopic (exact) mass is 409 g/mol. The highest BCUT2D eigenvalue weighted by atomic mass is 32.2. The van der Waals surface area contributed by atoms with Gasteiger partial charge in [0.15, 0.2) is 11.6 Å². The first-order valence-electron chi connectivity index (χ1n) is 8.57. The second kappa shape index (κ2) is 8.15. The van der Waals surface area contributed by atoms with Crippen molar-refractivity contribution >= 4 is 23.4 Å². The first kappa shape index (κ1) is 18.7. The Morgan fingerprint density at radius 3 is 2.76 bits per heavy atom. The van der Waals surface area contributed by atoms with Crippen LogP contribution in [0.2, 0.25) is 0 Å². The van der Waals surface area contributed by atoms with Gasteiger partial charge in [-0.2, -0.15) is 4.98 Å². The number of amides is 1. The van der Waals surface area contributed by atoms with Crippen LogP contribution in [0.25, 0.3) is 11.4 Å². The molecule has 1 amide bonds. The van der Waals surface area contributed by atoms with Gasteiger partial charge < -0.3 is 9.84 Å². The van der Waals surface area contributed by atoms with Crippen LogP contribution >= 0.6 is 11.8 Å². The molecule has 0 aliphatic carbocycles. The molecule has 0 fully saturated rings. The van der Waals surface area contributed by atoms with Crippen LogP contribution in [-0.4, -0.2) is 26.2 Å². The number of aromatic amines is 1. The standard InChI is InChI=1S/C19H15N5O4S/c1-11-20-16(27-23-11)10-29-15-8-3-2-7-14(15)18(25)21-13-6-4-5-12(9-13)17-22-19(26)28-24-17/h2-9H,10H2,1H3,(H,21,25)(H,22,24,26). The lowest BCUT2D eigenvalue weighted by molar-refractivity contribution is 0.102. The van der Waals surface area contributed by atoms with E-state index in [0.29, 0.717) is 34.3 Å². The molecule has 2 N–H and O–H groups in total. The van der Waals surface area contributed by atoms with Gasteiger partial charge in [-0.05, 0) is 31.2 Å². The number of carbonyl (C=O) groups excluding carboxylic acids is 1. The highest BCUT2D eigenvalue weighted by Gasteiger charge is 2.14. The van der Waals surface area contributed by atoms with E-state index < -0.39 is 5.76 Å². The number of thioether (sulfide) groups is 1. The summed E-state index contributed by atoms with van der Waals surface area (Å²) in [5, 5.41) is 10.3. The highest BCUT2D eigenvalue weighted by molar-refractivity contribution is 7.98. The first-order chi connectivity index (χ1) is 14.1. The van der Waals surface area contributed by atoms with Gasteiger partial charge in [-0.3, -0.25) is 14.3 Å². The van der Waals surface area contributed by atoms with Gasteiger partial charge in [0.05, 0.1) is 11.3 Å². The summed E-state index contributed by atoms with van der Waals surface area (Å²) in [4.78, 5) is 31.4. The molecule has 4 rings (SSSR count). The average Bonchev–Trinajstić information content (AvgIpc) is 3.35. The lowest BCUT2D eigenvalue weighted by Gasteiger charge is -2.10. The van der Waals surface area contributed by atoms with Crippen LogP contribution in [0, 0.1) is 6.92 Å². The second-order valence-corrected chi connectivity index (χ2v) is 7.02. The number of rotatable bonds is 6. The minimum Gasteiger partial charge on any atom is -0.338 e. The molecule has 9 nitrogen and oxygen atoms in total. The van der Waals surface area contributed by atoms with Crippen LogP contribution in [0.5, 0.6) is 0 Å². The molecule has 0 radical (unpaired) electrons. The van der Waals surface area contributed by atoms with Crippen LogP contribution in [0.15, 0.2) is 67.3 Å². The van der Waals surface area contributed by atoms with Gasteiger partial charge >= 0.3 is 5.76 Å². The summed E-state index contributed by atoms with van der Waals surface area (Å²) in [6.07, 6.45) is 0. The maximum Gasteiger partial charge on any atom is 0.439 e. The number of H-pyrrole nitrogens is 1. The Morgan fingerprint density at radius 2 is 2.00 bits per heavy atom. The third kappa shape index (κ3) is 4.43. The summed E-state index contributed by atoms with van der Waals surface area (Å²) in [6.45, 7) is 1.75. The van der Waals surface area contributed by atoms with Crippen LogP contribution < -0.4 is 11.1 Å². The van der Waals surface area contributed by atoms with Crippen molar-refractivity contribution in [2.75, 3.05) is 5.32 Å². The van der Waals surface area contributed by atoms with Crippen molar-refractivity contribution in [3.8, 4) is 11.4 Å². The number of carbonyl (C=O) groups is 1. The molecule has 10 heteroatoms. The summed E-state index contributed by atoms with van der Waals surface area (Å²) < 4.78 is 9.64. The van der Waals surface area contributed by atoms with Crippen molar-refractivity contribution in [2.24, 2.45) is 0 Å². The maximum absolute atomic E-state index is 12.8. The molecule has 0 saturated heterocycles. The van der Waals surface area contributed by atoms with E-state index in [9.17, 15) is 9.59 Å². The Hall–Kier alpha value is -3.66. The molecule has 2 aromatic carbocycles. The molecular weight excluding hydrogens is 394 g/mol. The van der Waals surface area contributed by atoms with Crippen molar-refractivity contribution < 1.29 is 13.8 Å². The Balaban J connectivity index is 1.51. The maximum atomic E-state index is 12.8. The fourth-order valence-corrected chi connectivity index (χ4v) is 3.50. The summed E-state index contributed by atoms with van der Waals surface area (Å²) in [6, 6.07) is 14.2. The number of nitrogens with zero attached hydrogens (tertiary/aromatic N) is 3. The van der Waals surface area contributed by atoms with E-state index in [2.05, 4.69) is 30.1 Å². The zero-order chi connectivity index (χ0) is 20.2. The summed E-state index contributed by atoms with van der Waals surface area (Å²) in [5.74, 6) is 0.909. The van der Waals surface area contributed by atoms with Crippen LogP contribution in [0.1, 0.15) is 22.1 Å². The van der Waals surface area contributed by atoms with Gasteiger partial charge in [0, 0.05) is 16.1 Å². The fourth-order valence-electron chi connectivity index (χ4n) is 2.62. The molecule has 0 atom stereocenters. The number of anilines is 1. The quantitative estimate of drug-likeness (QED) is 0.465. The molecular formula is C19H15N5O4S. The smallest absolute Gasteiger partial charge is 0.338 e. The number of nitrogens with one attached hydrogen (secondary N) is 2. The zero-order valence-corrected chi connectivity index (χ0v) is 16.0. The Kier molecular flexibility index (Phi) is 5.25. The van der Waals surface area contributed by atoms with Crippen molar-refractivity contribution in [1.29, 1.82) is 0 Å². The molecule has 2 aromatic heterocycles. The Labute approximate surface area is 168 Å². The average molecular weight is 409 g/mol. The molecule has 0 aliphatic rings. The summed E-state index contributed by atoms with van der Waals surface area (Å²) in [7, 11) is 0. The topological polar surface area (TPSA) is 127 Å². The van der Waals surface area contributed by atoms with E-state index in [1.165, 1.54) is 11.8 Å². The van der Waals surface area contributed by atoms with Gasteiger partial charge in [0.1, 0.15) is 0 Å². The molecule has 2 heterocycles. The van der Waals surface area contributed by atoms with Crippen molar-refractivity contribution in [3.05, 3.63) is 76.4 Å². The number of aryl methyl sites for hydroxylation is 1. The van der Waals surface area contributed by atoms with Gasteiger partial charge in [-0.25, -0.2) is 4.79 Å². The number of aromatic nitrogens is 4. The largest absolute Gasteiger partial charge is 0.439 e. The van der Waals surface area contributed by atoms with Crippen molar-refractivity contribution in [2.45, 2.75) is 17.6 Å². The fraction of sp³-hybridized carbons (Fsp3) is 0.105. The van der Waals surface area contributed by atoms with E-state index in [4.69, 9.17) is 4.52 Å². The number of hydrogen-bond donors (Lipinski definition) is 2. The predicted octanol–water partition coefficient (Wildman–Crippen LogP) is 3.27. The van der Waals surface area contributed by atoms with E-state index in [0.717, 1.165) is 4.90 Å². The van der Waals surface area contributed by atoms with E-state index in [1.807, 2.05) is 12.1 Å². The Bertz CT molecular complexity index is 1210. The van der Waals surface area contributed by atoms with Crippen LogP contribution in [-0.2, 0) is 5.75 Å². The first-order valence-corrected chi connectivity index (χ1v) is 9.56. The molecule has 0 spiro atoms. The lowest BCUT2D eigenvalue weighted by atomic mass is 10.1. The van der Waals surface area contributed by atoms with Gasteiger partial charge in [-0.15, -0.1) is 11.8 Å². The van der Waals surface area contributed by atoms with Crippen LogP contribution in [0.3, 0.4) is 0 Å². The van der Waals surface area contributed by atoms with Gasteiger partial charge in [-0.1, -0.05) is 34.6 Å². The third-order valence-corrected chi connectivity index (χ3v) is 4.94. The normalized spacial score (nSPS) is 10.8. The van der Waals surface area contributed by atoms with E-state index >= 15 is 0 Å². The third-order valence-electron chi connectivity index (χ3n) is 3.89.